The number of benzene rings is 1. The topological polar surface area (TPSA) is 61.5 Å². The smallest absolute Gasteiger partial charge is 0.274 e. The van der Waals surface area contributed by atoms with Gasteiger partial charge in [-0.3, -0.25) is 14.8 Å². The molecule has 3 fully saturated rings. The first-order valence-corrected chi connectivity index (χ1v) is 13.0. The minimum absolute atomic E-state index is 0.0716. The van der Waals surface area contributed by atoms with Crippen molar-refractivity contribution >= 4 is 5.91 Å². The molecule has 6 rings (SSSR count). The van der Waals surface area contributed by atoms with Crippen molar-refractivity contribution in [2.45, 2.75) is 69.4 Å². The largest absolute Gasteiger partial charge is 0.376 e. The number of hydrogen-bond donors (Lipinski definition) is 1. The lowest BCUT2D eigenvalue weighted by molar-refractivity contribution is 0.0426. The summed E-state index contributed by atoms with van der Waals surface area (Å²) in [6, 6.07) is 11.6. The molecule has 4 aliphatic rings. The lowest BCUT2D eigenvalue weighted by Crippen LogP contribution is -2.46. The summed E-state index contributed by atoms with van der Waals surface area (Å²) in [6.07, 6.45) is 9.45. The van der Waals surface area contributed by atoms with Crippen LogP contribution in [0.3, 0.4) is 0 Å². The summed E-state index contributed by atoms with van der Waals surface area (Å²) >= 11 is 0. The summed E-state index contributed by atoms with van der Waals surface area (Å²) in [6.45, 7) is 4.62. The van der Waals surface area contributed by atoms with Gasteiger partial charge in [0.2, 0.25) is 0 Å². The normalized spacial score (nSPS) is 24.3. The van der Waals surface area contributed by atoms with E-state index in [0.29, 0.717) is 30.1 Å². The highest BCUT2D eigenvalue weighted by atomic mass is 16.5. The summed E-state index contributed by atoms with van der Waals surface area (Å²) in [5.74, 6) is 1.20. The van der Waals surface area contributed by atoms with Crippen LogP contribution < -0.4 is 0 Å². The number of likely N-dealkylation sites (tertiary alicyclic amines) is 1. The molecular weight excluding hydrogens is 412 g/mol. The second-order valence-electron chi connectivity index (χ2n) is 10.6. The second-order valence-corrected chi connectivity index (χ2v) is 10.6. The van der Waals surface area contributed by atoms with Crippen LogP contribution in [-0.4, -0.2) is 70.8 Å². The number of hydrogen-bond acceptors (Lipinski definition) is 4. The minimum atomic E-state index is 0.0716. The molecule has 1 amide bonds. The number of nitrogens with one attached hydrogen (secondary N) is 1. The molecule has 1 atom stereocenters. The van der Waals surface area contributed by atoms with Crippen molar-refractivity contribution in [3.8, 4) is 0 Å². The van der Waals surface area contributed by atoms with Crippen LogP contribution >= 0.6 is 0 Å². The standard InChI is InChI=1S/C27H36N4O2/c32-27(26-16-25(28-29-26)20-7-8-20)31(18-24-6-3-13-33-24)17-19-9-11-30(12-10-19)23-14-21-4-1-2-5-22(21)15-23/h1-2,4-5,16,19-20,23-24H,3,6-15,17-18H2,(H,28,29)/t24-/m1/s1. The van der Waals surface area contributed by atoms with Crippen molar-refractivity contribution < 1.29 is 9.53 Å². The van der Waals surface area contributed by atoms with E-state index < -0.39 is 0 Å². The second kappa shape index (κ2) is 9.22. The van der Waals surface area contributed by atoms with E-state index in [4.69, 9.17) is 4.74 Å². The molecule has 33 heavy (non-hydrogen) atoms. The van der Waals surface area contributed by atoms with E-state index in [0.717, 1.165) is 57.6 Å². The van der Waals surface area contributed by atoms with Gasteiger partial charge in [0, 0.05) is 37.4 Å². The van der Waals surface area contributed by atoms with Gasteiger partial charge in [0.15, 0.2) is 0 Å². The fraction of sp³-hybridized carbons (Fsp3) is 0.630. The first kappa shape index (κ1) is 21.4. The van der Waals surface area contributed by atoms with Gasteiger partial charge in [0.05, 0.1) is 6.10 Å². The van der Waals surface area contributed by atoms with Crippen LogP contribution in [0, 0.1) is 5.92 Å². The molecule has 1 N–H and O–H groups in total. The van der Waals surface area contributed by atoms with Crippen LogP contribution in [-0.2, 0) is 17.6 Å². The monoisotopic (exact) mass is 448 g/mol. The first-order chi connectivity index (χ1) is 16.2. The van der Waals surface area contributed by atoms with Gasteiger partial charge in [0.1, 0.15) is 5.69 Å². The summed E-state index contributed by atoms with van der Waals surface area (Å²) in [5.41, 5.74) is 4.77. The summed E-state index contributed by atoms with van der Waals surface area (Å²) in [5, 5.41) is 7.49. The van der Waals surface area contributed by atoms with E-state index in [2.05, 4.69) is 44.3 Å². The Bertz CT molecular complexity index is 945. The van der Waals surface area contributed by atoms with Gasteiger partial charge in [-0.1, -0.05) is 24.3 Å². The van der Waals surface area contributed by atoms with Crippen molar-refractivity contribution in [3.63, 3.8) is 0 Å². The quantitative estimate of drug-likeness (QED) is 0.700. The van der Waals surface area contributed by atoms with Gasteiger partial charge in [-0.15, -0.1) is 0 Å². The molecule has 6 heteroatoms. The Labute approximate surface area is 196 Å². The fourth-order valence-electron chi connectivity index (χ4n) is 6.09. The molecule has 3 heterocycles. The van der Waals surface area contributed by atoms with Crippen LogP contribution in [0.25, 0.3) is 0 Å². The molecule has 1 aromatic carbocycles. The third-order valence-corrected chi connectivity index (χ3v) is 8.24. The molecule has 2 aliphatic heterocycles. The summed E-state index contributed by atoms with van der Waals surface area (Å²) in [7, 11) is 0. The van der Waals surface area contributed by atoms with Gasteiger partial charge in [-0.25, -0.2) is 0 Å². The number of ether oxygens (including phenoxy) is 1. The van der Waals surface area contributed by atoms with E-state index in [1.165, 1.54) is 36.8 Å². The Balaban J connectivity index is 1.07. The average molecular weight is 449 g/mol. The van der Waals surface area contributed by atoms with Gasteiger partial charge in [-0.05, 0) is 87.6 Å². The molecule has 1 aromatic heterocycles. The lowest BCUT2D eigenvalue weighted by atomic mass is 9.94. The SMILES string of the molecule is O=C(c1cc(C2CC2)[nH]n1)N(CC1CCN(C2Cc3ccccc3C2)CC1)C[C@H]1CCCO1. The predicted octanol–water partition coefficient (Wildman–Crippen LogP) is 3.79. The Kier molecular flexibility index (Phi) is 5.97. The Morgan fingerprint density at radius 1 is 1.06 bits per heavy atom. The number of fused-ring (bicyclic) bond motifs is 1. The van der Waals surface area contributed by atoms with E-state index >= 15 is 0 Å². The molecule has 0 unspecified atom stereocenters. The van der Waals surface area contributed by atoms with Crippen molar-refractivity contribution in [2.75, 3.05) is 32.8 Å². The molecule has 2 aliphatic carbocycles. The number of nitrogens with zero attached hydrogens (tertiary/aromatic N) is 3. The Hall–Kier alpha value is -2.18. The maximum absolute atomic E-state index is 13.4. The van der Waals surface area contributed by atoms with E-state index in [1.54, 1.807) is 0 Å². The highest BCUT2D eigenvalue weighted by molar-refractivity contribution is 5.92. The molecular formula is C27H36N4O2. The molecule has 1 saturated carbocycles. The Morgan fingerprint density at radius 3 is 2.48 bits per heavy atom. The maximum atomic E-state index is 13.4. The third-order valence-electron chi connectivity index (χ3n) is 8.24. The highest BCUT2D eigenvalue weighted by Gasteiger charge is 2.33. The van der Waals surface area contributed by atoms with Gasteiger partial charge in [0.25, 0.3) is 5.91 Å². The van der Waals surface area contributed by atoms with Crippen molar-refractivity contribution in [2.24, 2.45) is 5.92 Å². The zero-order valence-corrected chi connectivity index (χ0v) is 19.5. The van der Waals surface area contributed by atoms with E-state index in [9.17, 15) is 4.79 Å². The molecule has 0 radical (unpaired) electrons. The first-order valence-electron chi connectivity index (χ1n) is 13.0. The van der Waals surface area contributed by atoms with Crippen LogP contribution in [0.15, 0.2) is 30.3 Å². The van der Waals surface area contributed by atoms with Crippen LogP contribution in [0.5, 0.6) is 0 Å². The third kappa shape index (κ3) is 4.73. The zero-order chi connectivity index (χ0) is 22.2. The van der Waals surface area contributed by atoms with Gasteiger partial charge >= 0.3 is 0 Å². The molecule has 6 nitrogen and oxygen atoms in total. The summed E-state index contributed by atoms with van der Waals surface area (Å²) < 4.78 is 5.90. The number of carbonyl (C=O) groups is 1. The number of aromatic nitrogens is 2. The number of rotatable bonds is 7. The maximum Gasteiger partial charge on any atom is 0.274 e. The number of H-pyrrole nitrogens is 1. The van der Waals surface area contributed by atoms with E-state index in [1.807, 2.05) is 6.07 Å². The molecule has 0 spiro atoms. The van der Waals surface area contributed by atoms with Crippen molar-refractivity contribution in [1.82, 2.24) is 20.0 Å². The van der Waals surface area contributed by atoms with Crippen LogP contribution in [0.2, 0.25) is 0 Å². The fourth-order valence-corrected chi connectivity index (χ4v) is 6.09. The van der Waals surface area contributed by atoms with Crippen LogP contribution in [0.1, 0.15) is 71.8 Å². The number of aromatic amines is 1. The summed E-state index contributed by atoms with van der Waals surface area (Å²) in [4.78, 5) is 18.2. The van der Waals surface area contributed by atoms with Gasteiger partial charge < -0.3 is 9.64 Å². The average Bonchev–Trinajstić information content (AvgIpc) is 3.22. The number of amides is 1. The molecule has 2 saturated heterocycles. The minimum Gasteiger partial charge on any atom is -0.376 e. The van der Waals surface area contributed by atoms with Gasteiger partial charge in [-0.2, -0.15) is 5.10 Å². The molecule has 176 valence electrons. The lowest BCUT2D eigenvalue weighted by Gasteiger charge is -2.38. The predicted molar refractivity (Wildman–Crippen MR) is 127 cm³/mol. The zero-order valence-electron chi connectivity index (χ0n) is 19.5. The number of piperidine rings is 1. The molecule has 0 bridgehead atoms. The number of carbonyl (C=O) groups excluding carboxylic acids is 1. The molecule has 2 aromatic rings. The Morgan fingerprint density at radius 2 is 1.82 bits per heavy atom. The van der Waals surface area contributed by atoms with Crippen molar-refractivity contribution in [1.29, 1.82) is 0 Å². The van der Waals surface area contributed by atoms with Crippen LogP contribution in [0.4, 0.5) is 0 Å². The van der Waals surface area contributed by atoms with E-state index in [-0.39, 0.29) is 12.0 Å². The highest BCUT2D eigenvalue weighted by Crippen LogP contribution is 2.39. The van der Waals surface area contributed by atoms with Crippen molar-refractivity contribution in [3.05, 3.63) is 52.8 Å².